The van der Waals surface area contributed by atoms with Gasteiger partial charge in [0.25, 0.3) is 5.17 Å². The molecule has 0 saturated carbocycles. The van der Waals surface area contributed by atoms with Gasteiger partial charge in [-0.05, 0) is 12.2 Å². The van der Waals surface area contributed by atoms with Crippen LogP contribution in [0.3, 0.4) is 0 Å². The molecule has 0 aliphatic heterocycles. The highest BCUT2D eigenvalue weighted by Gasteiger charge is 2.24. The zero-order valence-corrected chi connectivity index (χ0v) is 11.0. The standard InChI is InChI=1S/C15H13NO2S/c16-15(19)18-14(12-9-5-2-6-10-12)13(17)11-7-3-1-4-8-11/h1-10,14H,(H2,16,19). The molecule has 0 aliphatic rings. The summed E-state index contributed by atoms with van der Waals surface area (Å²) in [6, 6.07) is 18.1. The number of benzene rings is 2. The molecule has 2 rings (SSSR count). The number of rotatable bonds is 4. The minimum atomic E-state index is -0.805. The molecule has 3 nitrogen and oxygen atoms in total. The summed E-state index contributed by atoms with van der Waals surface area (Å²) in [5.41, 5.74) is 6.69. The van der Waals surface area contributed by atoms with Crippen molar-refractivity contribution in [2.75, 3.05) is 0 Å². The van der Waals surface area contributed by atoms with Crippen LogP contribution in [0.15, 0.2) is 60.7 Å². The van der Waals surface area contributed by atoms with Gasteiger partial charge in [-0.15, -0.1) is 0 Å². The topological polar surface area (TPSA) is 52.3 Å². The zero-order valence-electron chi connectivity index (χ0n) is 10.2. The van der Waals surface area contributed by atoms with Crippen LogP contribution in [0.25, 0.3) is 0 Å². The van der Waals surface area contributed by atoms with Gasteiger partial charge in [-0.3, -0.25) is 4.79 Å². The first-order chi connectivity index (χ1) is 9.18. The number of carbonyl (C=O) groups excluding carboxylic acids is 1. The molecule has 0 heterocycles. The minimum absolute atomic E-state index is 0.141. The van der Waals surface area contributed by atoms with Crippen LogP contribution >= 0.6 is 12.2 Å². The van der Waals surface area contributed by atoms with Crippen molar-refractivity contribution in [3.05, 3.63) is 71.8 Å². The van der Waals surface area contributed by atoms with Gasteiger partial charge in [0, 0.05) is 11.1 Å². The van der Waals surface area contributed by atoms with E-state index in [9.17, 15) is 4.79 Å². The van der Waals surface area contributed by atoms with Crippen molar-refractivity contribution in [1.82, 2.24) is 0 Å². The van der Waals surface area contributed by atoms with Gasteiger partial charge in [0.05, 0.1) is 0 Å². The molecule has 0 spiro atoms. The van der Waals surface area contributed by atoms with E-state index in [0.717, 1.165) is 5.56 Å². The number of ether oxygens (including phenoxy) is 1. The van der Waals surface area contributed by atoms with Gasteiger partial charge in [-0.2, -0.15) is 0 Å². The predicted molar refractivity (Wildman–Crippen MR) is 77.8 cm³/mol. The fraction of sp³-hybridized carbons (Fsp3) is 0.0667. The molecule has 0 saturated heterocycles. The van der Waals surface area contributed by atoms with Gasteiger partial charge in [0.15, 0.2) is 6.10 Å². The average molecular weight is 271 g/mol. The molecule has 19 heavy (non-hydrogen) atoms. The van der Waals surface area contributed by atoms with Crippen LogP contribution in [0, 0.1) is 0 Å². The van der Waals surface area contributed by atoms with Crippen molar-refractivity contribution in [3.8, 4) is 0 Å². The summed E-state index contributed by atoms with van der Waals surface area (Å²) in [6.45, 7) is 0. The average Bonchev–Trinajstić information content (AvgIpc) is 2.46. The first-order valence-corrected chi connectivity index (χ1v) is 6.19. The molecule has 1 atom stereocenters. The van der Waals surface area contributed by atoms with Gasteiger partial charge in [-0.1, -0.05) is 60.7 Å². The molecule has 0 fully saturated rings. The van der Waals surface area contributed by atoms with E-state index in [2.05, 4.69) is 0 Å². The first kappa shape index (κ1) is 13.2. The van der Waals surface area contributed by atoms with E-state index in [1.807, 2.05) is 36.4 Å². The summed E-state index contributed by atoms with van der Waals surface area (Å²) in [5, 5.41) is -0.141. The number of carbonyl (C=O) groups is 1. The van der Waals surface area contributed by atoms with E-state index in [1.165, 1.54) is 0 Å². The van der Waals surface area contributed by atoms with Crippen LogP contribution in [0.4, 0.5) is 0 Å². The number of thiocarbonyl (C=S) groups is 1. The lowest BCUT2D eigenvalue weighted by atomic mass is 10.00. The molecular formula is C15H13NO2S. The normalized spacial score (nSPS) is 11.6. The molecule has 2 aromatic carbocycles. The van der Waals surface area contributed by atoms with Crippen LogP contribution in [-0.4, -0.2) is 11.0 Å². The lowest BCUT2D eigenvalue weighted by molar-refractivity contribution is 0.0776. The Morgan fingerprint density at radius 2 is 1.53 bits per heavy atom. The molecule has 2 N–H and O–H groups in total. The SMILES string of the molecule is NC(=S)OC(C(=O)c1ccccc1)c1ccccc1. The fourth-order valence-electron chi connectivity index (χ4n) is 1.77. The van der Waals surface area contributed by atoms with E-state index in [-0.39, 0.29) is 11.0 Å². The molecule has 0 aromatic heterocycles. The minimum Gasteiger partial charge on any atom is -0.455 e. The summed E-state index contributed by atoms with van der Waals surface area (Å²) in [6.07, 6.45) is -0.805. The number of Topliss-reactive ketones (excluding diaryl/α,β-unsaturated/α-hetero) is 1. The third-order valence-electron chi connectivity index (χ3n) is 2.63. The maximum atomic E-state index is 12.4. The molecule has 96 valence electrons. The van der Waals surface area contributed by atoms with Crippen LogP contribution in [-0.2, 0) is 4.74 Å². The molecule has 0 bridgehead atoms. The van der Waals surface area contributed by atoms with Crippen molar-refractivity contribution in [2.45, 2.75) is 6.10 Å². The van der Waals surface area contributed by atoms with Gasteiger partial charge in [-0.25, -0.2) is 0 Å². The summed E-state index contributed by atoms with van der Waals surface area (Å²) < 4.78 is 5.31. The number of ketones is 1. The summed E-state index contributed by atoms with van der Waals surface area (Å²) in [7, 11) is 0. The Morgan fingerprint density at radius 1 is 1.00 bits per heavy atom. The molecule has 0 radical (unpaired) electrons. The fourth-order valence-corrected chi connectivity index (χ4v) is 1.87. The van der Waals surface area contributed by atoms with Crippen LogP contribution in [0.1, 0.15) is 22.0 Å². The summed E-state index contributed by atoms with van der Waals surface area (Å²) >= 11 is 4.74. The van der Waals surface area contributed by atoms with Crippen molar-refractivity contribution in [2.24, 2.45) is 5.73 Å². The highest BCUT2D eigenvalue weighted by Crippen LogP contribution is 2.22. The second kappa shape index (κ2) is 6.11. The van der Waals surface area contributed by atoms with Gasteiger partial charge >= 0.3 is 0 Å². The maximum absolute atomic E-state index is 12.4. The predicted octanol–water partition coefficient (Wildman–Crippen LogP) is 2.87. The van der Waals surface area contributed by atoms with Crippen molar-refractivity contribution in [1.29, 1.82) is 0 Å². The molecular weight excluding hydrogens is 258 g/mol. The Bertz CT molecular complexity index is 569. The van der Waals surface area contributed by atoms with E-state index in [1.54, 1.807) is 24.3 Å². The highest BCUT2D eigenvalue weighted by molar-refractivity contribution is 7.80. The molecule has 2 aromatic rings. The monoisotopic (exact) mass is 271 g/mol. The molecule has 0 aliphatic carbocycles. The Balaban J connectivity index is 2.33. The zero-order chi connectivity index (χ0) is 13.7. The van der Waals surface area contributed by atoms with Gasteiger partial charge < -0.3 is 10.5 Å². The Kier molecular flexibility index (Phi) is 4.26. The van der Waals surface area contributed by atoms with Crippen LogP contribution < -0.4 is 5.73 Å². The lowest BCUT2D eigenvalue weighted by Gasteiger charge is -2.17. The Labute approximate surface area is 117 Å². The van der Waals surface area contributed by atoms with Gasteiger partial charge in [0.2, 0.25) is 5.78 Å². The van der Waals surface area contributed by atoms with Crippen molar-refractivity contribution in [3.63, 3.8) is 0 Å². The molecule has 4 heteroatoms. The van der Waals surface area contributed by atoms with E-state index < -0.39 is 6.10 Å². The molecule has 1 unspecified atom stereocenters. The second-order valence-electron chi connectivity index (χ2n) is 3.96. The summed E-state index contributed by atoms with van der Waals surface area (Å²) in [5.74, 6) is -0.167. The second-order valence-corrected chi connectivity index (χ2v) is 4.36. The quantitative estimate of drug-likeness (QED) is 0.686. The number of nitrogens with two attached hydrogens (primary N) is 1. The number of hydrogen-bond donors (Lipinski definition) is 1. The Morgan fingerprint density at radius 3 is 2.05 bits per heavy atom. The van der Waals surface area contributed by atoms with Crippen LogP contribution in [0.2, 0.25) is 0 Å². The maximum Gasteiger partial charge on any atom is 0.255 e. The van der Waals surface area contributed by atoms with Crippen LogP contribution in [0.5, 0.6) is 0 Å². The third kappa shape index (κ3) is 3.39. The smallest absolute Gasteiger partial charge is 0.255 e. The van der Waals surface area contributed by atoms with E-state index >= 15 is 0 Å². The first-order valence-electron chi connectivity index (χ1n) is 5.79. The van der Waals surface area contributed by atoms with Crippen molar-refractivity contribution >= 4 is 23.2 Å². The Hall–Kier alpha value is -2.20. The highest BCUT2D eigenvalue weighted by atomic mass is 32.1. The molecule has 0 amide bonds. The third-order valence-corrected chi connectivity index (χ3v) is 2.73. The van der Waals surface area contributed by atoms with E-state index in [4.69, 9.17) is 22.7 Å². The van der Waals surface area contributed by atoms with Crippen molar-refractivity contribution < 1.29 is 9.53 Å². The van der Waals surface area contributed by atoms with E-state index in [0.29, 0.717) is 5.56 Å². The lowest BCUT2D eigenvalue weighted by Crippen LogP contribution is -2.23. The van der Waals surface area contributed by atoms with Gasteiger partial charge in [0.1, 0.15) is 0 Å². The largest absolute Gasteiger partial charge is 0.455 e. The number of hydrogen-bond acceptors (Lipinski definition) is 3. The summed E-state index contributed by atoms with van der Waals surface area (Å²) in [4.78, 5) is 12.4.